The highest BCUT2D eigenvalue weighted by Gasteiger charge is 2.47. The molecule has 0 aliphatic carbocycles. The van der Waals surface area contributed by atoms with Gasteiger partial charge in [0.05, 0.1) is 30.5 Å². The van der Waals surface area contributed by atoms with Crippen LogP contribution in [0.4, 0.5) is 0 Å². The zero-order valence-electron chi connectivity index (χ0n) is 25.2. The summed E-state index contributed by atoms with van der Waals surface area (Å²) in [6, 6.07) is 0. The molecule has 220 valence electrons. The summed E-state index contributed by atoms with van der Waals surface area (Å²) in [5.74, 6) is -1.61. The number of carbonyl (C=O) groups excluding carboxylic acids is 4. The monoisotopic (exact) mass is 539 g/mol. The molecule has 1 aliphatic rings. The second kappa shape index (κ2) is 16.1. The maximum atomic E-state index is 13.3. The lowest BCUT2D eigenvalue weighted by Crippen LogP contribution is -2.44. The van der Waals surface area contributed by atoms with Gasteiger partial charge in [-0.15, -0.1) is 0 Å². The van der Waals surface area contributed by atoms with E-state index in [0.29, 0.717) is 31.9 Å². The van der Waals surface area contributed by atoms with E-state index in [0.717, 1.165) is 44.9 Å². The highest BCUT2D eigenvalue weighted by molar-refractivity contribution is 5.82. The number of hydrogen-bond acceptors (Lipinski definition) is 7. The summed E-state index contributed by atoms with van der Waals surface area (Å²) in [7, 11) is 1.32. The molecule has 5 atom stereocenters. The van der Waals surface area contributed by atoms with Crippen LogP contribution in [0, 0.1) is 22.7 Å². The van der Waals surface area contributed by atoms with E-state index >= 15 is 0 Å². The first-order valence-corrected chi connectivity index (χ1v) is 14.6. The Kier molecular flexibility index (Phi) is 14.4. The van der Waals surface area contributed by atoms with Gasteiger partial charge in [-0.25, -0.2) is 0 Å². The fraction of sp³-hybridized carbons (Fsp3) is 0.867. The van der Waals surface area contributed by atoms with E-state index in [2.05, 4.69) is 13.8 Å². The van der Waals surface area contributed by atoms with Crippen LogP contribution >= 0.6 is 0 Å². The largest absolute Gasteiger partial charge is 0.469 e. The average Bonchev–Trinajstić information content (AvgIpc) is 3.11. The second-order valence-corrected chi connectivity index (χ2v) is 11.7. The number of amides is 1. The van der Waals surface area contributed by atoms with Gasteiger partial charge in [-0.05, 0) is 65.2 Å². The summed E-state index contributed by atoms with van der Waals surface area (Å²) in [6.07, 6.45) is 7.47. The van der Waals surface area contributed by atoms with Crippen molar-refractivity contribution in [1.82, 2.24) is 4.90 Å². The first kappa shape index (κ1) is 33.9. The maximum Gasteiger partial charge on any atom is 0.311 e. The van der Waals surface area contributed by atoms with Gasteiger partial charge in [0.2, 0.25) is 5.91 Å². The molecule has 1 amide bonds. The molecule has 1 heterocycles. The Bertz CT molecular complexity index is 785. The van der Waals surface area contributed by atoms with Gasteiger partial charge >= 0.3 is 17.9 Å². The number of carbonyl (C=O) groups is 4. The Hall–Kier alpha value is -2.12. The molecule has 0 radical (unpaired) electrons. The van der Waals surface area contributed by atoms with Crippen molar-refractivity contribution in [3.8, 4) is 0 Å². The van der Waals surface area contributed by atoms with Crippen LogP contribution in [0.5, 0.6) is 0 Å². The first-order valence-electron chi connectivity index (χ1n) is 14.6. The van der Waals surface area contributed by atoms with Crippen LogP contribution in [0.1, 0.15) is 119 Å². The van der Waals surface area contributed by atoms with Gasteiger partial charge < -0.3 is 19.1 Å². The van der Waals surface area contributed by atoms with E-state index < -0.39 is 34.9 Å². The molecule has 0 spiro atoms. The molecular weight excluding hydrogens is 486 g/mol. The van der Waals surface area contributed by atoms with Gasteiger partial charge in [-0.3, -0.25) is 19.2 Å². The van der Waals surface area contributed by atoms with E-state index in [9.17, 15) is 19.2 Å². The summed E-state index contributed by atoms with van der Waals surface area (Å²) in [6.45, 7) is 14.1. The van der Waals surface area contributed by atoms with E-state index in [1.807, 2.05) is 13.8 Å². The summed E-state index contributed by atoms with van der Waals surface area (Å²) < 4.78 is 16.6. The molecule has 0 aromatic carbocycles. The Morgan fingerprint density at radius 2 is 1.68 bits per heavy atom. The number of rotatable bonds is 16. The predicted octanol–water partition coefficient (Wildman–Crippen LogP) is 6.05. The predicted molar refractivity (Wildman–Crippen MR) is 147 cm³/mol. The number of methoxy groups -OCH3 is 1. The third-order valence-electron chi connectivity index (χ3n) is 8.22. The van der Waals surface area contributed by atoms with Crippen molar-refractivity contribution in [2.45, 2.75) is 125 Å². The minimum Gasteiger partial charge on any atom is -0.469 e. The van der Waals surface area contributed by atoms with E-state index in [-0.39, 0.29) is 24.7 Å². The molecule has 1 fully saturated rings. The van der Waals surface area contributed by atoms with Crippen molar-refractivity contribution >= 4 is 23.8 Å². The third-order valence-corrected chi connectivity index (χ3v) is 8.22. The first-order chi connectivity index (χ1) is 17.9. The Morgan fingerprint density at radius 3 is 2.26 bits per heavy atom. The minimum absolute atomic E-state index is 0.00733. The lowest BCUT2D eigenvalue weighted by atomic mass is 9.68. The molecule has 1 saturated heterocycles. The number of ether oxygens (including phenoxy) is 3. The van der Waals surface area contributed by atoms with Gasteiger partial charge in [0.25, 0.3) is 0 Å². The summed E-state index contributed by atoms with van der Waals surface area (Å²) >= 11 is 0. The zero-order chi connectivity index (χ0) is 28.9. The average molecular weight is 540 g/mol. The Morgan fingerprint density at radius 1 is 1.00 bits per heavy atom. The van der Waals surface area contributed by atoms with Gasteiger partial charge in [0.15, 0.2) is 6.23 Å². The smallest absolute Gasteiger partial charge is 0.311 e. The van der Waals surface area contributed by atoms with Gasteiger partial charge in [-0.1, -0.05) is 53.4 Å². The molecule has 38 heavy (non-hydrogen) atoms. The highest BCUT2D eigenvalue weighted by Crippen LogP contribution is 2.43. The molecule has 0 bridgehead atoms. The molecule has 1 aliphatic heterocycles. The fourth-order valence-electron chi connectivity index (χ4n) is 5.44. The maximum absolute atomic E-state index is 13.3. The molecule has 1 rings (SSSR count). The quantitative estimate of drug-likeness (QED) is 0.174. The molecule has 0 N–H and O–H groups in total. The SMILES string of the molecule is CCCCC(CC)COC(=O)C(C)(CC)CC(C)(CC(C)C(=O)OC(C)N1CCCCCC1=O)C(=O)OC. The molecule has 0 aromatic heterocycles. The molecule has 0 saturated carbocycles. The number of likely N-dealkylation sites (tertiary alicyclic amines) is 1. The van der Waals surface area contributed by atoms with Gasteiger partial charge in [0, 0.05) is 13.0 Å². The molecule has 5 unspecified atom stereocenters. The Labute approximate surface area is 230 Å². The van der Waals surface area contributed by atoms with Crippen molar-refractivity contribution in [2.75, 3.05) is 20.3 Å². The molecule has 0 aromatic rings. The summed E-state index contributed by atoms with van der Waals surface area (Å²) in [5.41, 5.74) is -2.02. The lowest BCUT2D eigenvalue weighted by molar-refractivity contribution is -0.169. The van der Waals surface area contributed by atoms with Crippen LogP contribution in [0.3, 0.4) is 0 Å². The van der Waals surface area contributed by atoms with Crippen LogP contribution in [-0.2, 0) is 33.4 Å². The zero-order valence-corrected chi connectivity index (χ0v) is 25.2. The highest BCUT2D eigenvalue weighted by atomic mass is 16.6. The van der Waals surface area contributed by atoms with Crippen LogP contribution < -0.4 is 0 Å². The van der Waals surface area contributed by atoms with Crippen molar-refractivity contribution < 1.29 is 33.4 Å². The van der Waals surface area contributed by atoms with Crippen LogP contribution in [-0.4, -0.2) is 55.2 Å². The Balaban J connectivity index is 2.94. The lowest BCUT2D eigenvalue weighted by Gasteiger charge is -2.37. The van der Waals surface area contributed by atoms with Crippen molar-refractivity contribution in [3.05, 3.63) is 0 Å². The van der Waals surface area contributed by atoms with Gasteiger partial charge in [0.1, 0.15) is 0 Å². The standard InChI is InChI=1S/C30H53NO7/c1-9-12-16-24(10-2)20-37-28(35)29(6,11-3)21-30(7,27(34)36-8)19-22(4)26(33)38-23(5)31-18-15-13-14-17-25(31)32/h22-24H,9-21H2,1-8H3. The number of unbranched alkanes of at least 4 members (excludes halogenated alkanes) is 1. The number of hydrogen-bond donors (Lipinski definition) is 0. The number of esters is 3. The van der Waals surface area contributed by atoms with Crippen LogP contribution in [0.25, 0.3) is 0 Å². The van der Waals surface area contributed by atoms with E-state index in [1.165, 1.54) is 7.11 Å². The van der Waals surface area contributed by atoms with Crippen molar-refractivity contribution in [1.29, 1.82) is 0 Å². The normalized spacial score (nSPS) is 19.8. The van der Waals surface area contributed by atoms with Crippen LogP contribution in [0.2, 0.25) is 0 Å². The van der Waals surface area contributed by atoms with E-state index in [4.69, 9.17) is 14.2 Å². The fourth-order valence-corrected chi connectivity index (χ4v) is 5.44. The molecule has 8 nitrogen and oxygen atoms in total. The second-order valence-electron chi connectivity index (χ2n) is 11.7. The third kappa shape index (κ3) is 9.88. The van der Waals surface area contributed by atoms with Crippen molar-refractivity contribution in [3.63, 3.8) is 0 Å². The van der Waals surface area contributed by atoms with E-state index in [1.54, 1.807) is 25.7 Å². The number of nitrogens with zero attached hydrogens (tertiary/aromatic N) is 1. The molecule has 8 heteroatoms. The topological polar surface area (TPSA) is 99.2 Å². The van der Waals surface area contributed by atoms with Crippen molar-refractivity contribution in [2.24, 2.45) is 22.7 Å². The summed E-state index contributed by atoms with van der Waals surface area (Å²) in [4.78, 5) is 53.4. The minimum atomic E-state index is -1.11. The molecular formula is C30H53NO7. The van der Waals surface area contributed by atoms with Gasteiger partial charge in [-0.2, -0.15) is 0 Å². The summed E-state index contributed by atoms with van der Waals surface area (Å²) in [5, 5.41) is 0. The van der Waals surface area contributed by atoms with Crippen LogP contribution in [0.15, 0.2) is 0 Å².